The Morgan fingerprint density at radius 1 is 1.62 bits per heavy atom. The number of piperidine rings is 1. The molecule has 0 saturated carbocycles. The van der Waals surface area contributed by atoms with E-state index < -0.39 is 0 Å². The van der Waals surface area contributed by atoms with Crippen LogP contribution in [0.25, 0.3) is 0 Å². The Morgan fingerprint density at radius 3 is 3.00 bits per heavy atom. The van der Waals surface area contributed by atoms with E-state index >= 15 is 0 Å². The smallest absolute Gasteiger partial charge is 0.220 e. The molecule has 0 bridgehead atoms. The lowest BCUT2D eigenvalue weighted by Gasteiger charge is -2.22. The SMILES string of the molecule is CCC1(C)CSC(=NC2CCC(=O)NC2)N1. The third kappa shape index (κ3) is 2.70. The molecule has 0 spiro atoms. The number of thioether (sulfide) groups is 1. The average molecular weight is 241 g/mol. The van der Waals surface area contributed by atoms with Crippen LogP contribution in [-0.2, 0) is 4.79 Å². The molecule has 2 aliphatic rings. The first-order valence-electron chi connectivity index (χ1n) is 5.87. The summed E-state index contributed by atoms with van der Waals surface area (Å²) in [5.74, 6) is 1.24. The van der Waals surface area contributed by atoms with Crippen molar-refractivity contribution in [3.8, 4) is 0 Å². The van der Waals surface area contributed by atoms with E-state index in [0.29, 0.717) is 13.0 Å². The molecule has 0 aromatic carbocycles. The molecular formula is C11H19N3OS. The number of hydrogen-bond donors (Lipinski definition) is 2. The molecule has 90 valence electrons. The van der Waals surface area contributed by atoms with E-state index in [-0.39, 0.29) is 17.5 Å². The molecule has 2 N–H and O–H groups in total. The summed E-state index contributed by atoms with van der Waals surface area (Å²) in [6, 6.07) is 0.256. The van der Waals surface area contributed by atoms with Crippen molar-refractivity contribution in [1.29, 1.82) is 0 Å². The molecule has 2 fully saturated rings. The van der Waals surface area contributed by atoms with Crippen LogP contribution < -0.4 is 10.6 Å². The minimum Gasteiger partial charge on any atom is -0.359 e. The van der Waals surface area contributed by atoms with Crippen molar-refractivity contribution in [3.63, 3.8) is 0 Å². The topological polar surface area (TPSA) is 53.5 Å². The van der Waals surface area contributed by atoms with E-state index in [1.807, 2.05) is 0 Å². The second-order valence-electron chi connectivity index (χ2n) is 4.76. The number of nitrogens with one attached hydrogen (secondary N) is 2. The molecule has 16 heavy (non-hydrogen) atoms. The maximum atomic E-state index is 11.0. The van der Waals surface area contributed by atoms with Gasteiger partial charge in [-0.25, -0.2) is 0 Å². The molecule has 0 radical (unpaired) electrons. The monoisotopic (exact) mass is 241 g/mol. The van der Waals surface area contributed by atoms with Gasteiger partial charge >= 0.3 is 0 Å². The molecule has 2 aliphatic heterocycles. The Kier molecular flexibility index (Phi) is 3.42. The number of carbonyl (C=O) groups excluding carboxylic acids is 1. The van der Waals surface area contributed by atoms with Gasteiger partial charge in [0, 0.05) is 24.3 Å². The fraction of sp³-hybridized carbons (Fsp3) is 0.818. The predicted octanol–water partition coefficient (Wildman–Crippen LogP) is 1.13. The van der Waals surface area contributed by atoms with Crippen LogP contribution in [0.2, 0.25) is 0 Å². The third-order valence-electron chi connectivity index (χ3n) is 3.26. The van der Waals surface area contributed by atoms with Crippen molar-refractivity contribution in [2.24, 2.45) is 4.99 Å². The zero-order valence-electron chi connectivity index (χ0n) is 9.88. The zero-order valence-corrected chi connectivity index (χ0v) is 10.7. The highest BCUT2D eigenvalue weighted by Gasteiger charge is 2.31. The standard InChI is InChI=1S/C11H19N3OS/c1-3-11(2)7-16-10(14-11)13-8-4-5-9(15)12-6-8/h8H,3-7H2,1-2H3,(H,12,15)(H,13,14). The average Bonchev–Trinajstić information content (AvgIpc) is 2.65. The van der Waals surface area contributed by atoms with E-state index in [2.05, 4.69) is 29.5 Å². The summed E-state index contributed by atoms with van der Waals surface area (Å²) >= 11 is 1.79. The molecule has 2 atom stereocenters. The van der Waals surface area contributed by atoms with Gasteiger partial charge in [-0.3, -0.25) is 9.79 Å². The third-order valence-corrected chi connectivity index (χ3v) is 4.52. The fourth-order valence-corrected chi connectivity index (χ4v) is 3.09. The molecule has 4 nitrogen and oxygen atoms in total. The highest BCUT2D eigenvalue weighted by molar-refractivity contribution is 8.14. The highest BCUT2D eigenvalue weighted by Crippen LogP contribution is 2.26. The number of aliphatic imine (C=N–C) groups is 1. The van der Waals surface area contributed by atoms with Gasteiger partial charge in [0.2, 0.25) is 5.91 Å². The van der Waals surface area contributed by atoms with Crippen LogP contribution in [-0.4, -0.2) is 35.0 Å². The lowest BCUT2D eigenvalue weighted by atomic mass is 10.0. The highest BCUT2D eigenvalue weighted by atomic mass is 32.2. The van der Waals surface area contributed by atoms with Crippen molar-refractivity contribution in [2.75, 3.05) is 12.3 Å². The van der Waals surface area contributed by atoms with Gasteiger partial charge in [-0.1, -0.05) is 18.7 Å². The van der Waals surface area contributed by atoms with Gasteiger partial charge in [0.15, 0.2) is 5.17 Å². The van der Waals surface area contributed by atoms with Crippen LogP contribution in [0.5, 0.6) is 0 Å². The van der Waals surface area contributed by atoms with Crippen LogP contribution in [0, 0.1) is 0 Å². The predicted molar refractivity (Wildman–Crippen MR) is 67.8 cm³/mol. The number of rotatable bonds is 2. The lowest BCUT2D eigenvalue weighted by molar-refractivity contribution is -0.122. The zero-order chi connectivity index (χ0) is 11.6. The van der Waals surface area contributed by atoms with Crippen molar-refractivity contribution in [3.05, 3.63) is 0 Å². The van der Waals surface area contributed by atoms with Gasteiger partial charge in [-0.2, -0.15) is 0 Å². The summed E-state index contributed by atoms with van der Waals surface area (Å²) in [4.78, 5) is 15.7. The Morgan fingerprint density at radius 2 is 2.44 bits per heavy atom. The molecule has 5 heteroatoms. The Bertz CT molecular complexity index is 308. The second kappa shape index (κ2) is 4.65. The molecular weight excluding hydrogens is 222 g/mol. The maximum absolute atomic E-state index is 11.0. The fourth-order valence-electron chi connectivity index (χ4n) is 1.81. The lowest BCUT2D eigenvalue weighted by Crippen LogP contribution is -2.41. The minimum atomic E-state index is 0.155. The normalized spacial score (nSPS) is 37.2. The van der Waals surface area contributed by atoms with Gasteiger partial charge in [0.1, 0.15) is 0 Å². The summed E-state index contributed by atoms with van der Waals surface area (Å²) < 4.78 is 0. The first-order chi connectivity index (χ1) is 7.61. The van der Waals surface area contributed by atoms with Crippen molar-refractivity contribution >= 4 is 22.8 Å². The Labute approximate surface area is 101 Å². The van der Waals surface area contributed by atoms with Crippen LogP contribution in [0.4, 0.5) is 0 Å². The Balaban J connectivity index is 1.91. The van der Waals surface area contributed by atoms with Crippen LogP contribution in [0.3, 0.4) is 0 Å². The quantitative estimate of drug-likeness (QED) is 0.762. The van der Waals surface area contributed by atoms with Crippen molar-refractivity contribution in [1.82, 2.24) is 10.6 Å². The number of carbonyl (C=O) groups is 1. The van der Waals surface area contributed by atoms with Crippen molar-refractivity contribution < 1.29 is 4.79 Å². The minimum absolute atomic E-state index is 0.155. The van der Waals surface area contributed by atoms with Gasteiger partial charge in [-0.05, 0) is 19.8 Å². The largest absolute Gasteiger partial charge is 0.359 e. The van der Waals surface area contributed by atoms with E-state index in [4.69, 9.17) is 0 Å². The number of amidine groups is 1. The summed E-state index contributed by atoms with van der Waals surface area (Å²) in [5, 5.41) is 7.38. The molecule has 0 aromatic rings. The number of hydrogen-bond acceptors (Lipinski definition) is 3. The summed E-state index contributed by atoms with van der Waals surface area (Å²) in [5.41, 5.74) is 0.196. The van der Waals surface area contributed by atoms with Crippen molar-refractivity contribution in [2.45, 2.75) is 44.7 Å². The first-order valence-corrected chi connectivity index (χ1v) is 6.85. The molecule has 2 rings (SSSR count). The summed E-state index contributed by atoms with van der Waals surface area (Å²) in [6.07, 6.45) is 2.60. The number of nitrogens with zero attached hydrogens (tertiary/aromatic N) is 1. The summed E-state index contributed by atoms with van der Waals surface area (Å²) in [6.45, 7) is 5.11. The molecule has 2 unspecified atom stereocenters. The molecule has 2 saturated heterocycles. The van der Waals surface area contributed by atoms with Gasteiger partial charge < -0.3 is 10.6 Å². The molecule has 1 amide bonds. The Hall–Kier alpha value is -0.710. The van der Waals surface area contributed by atoms with Gasteiger partial charge in [0.05, 0.1) is 6.04 Å². The maximum Gasteiger partial charge on any atom is 0.220 e. The first kappa shape index (κ1) is 11.8. The second-order valence-corrected chi connectivity index (χ2v) is 5.72. The molecule has 2 heterocycles. The van der Waals surface area contributed by atoms with Crippen LogP contribution in [0.15, 0.2) is 4.99 Å². The molecule has 0 aromatic heterocycles. The van der Waals surface area contributed by atoms with E-state index in [0.717, 1.165) is 23.8 Å². The van der Waals surface area contributed by atoms with Crippen LogP contribution >= 0.6 is 11.8 Å². The van der Waals surface area contributed by atoms with Crippen LogP contribution in [0.1, 0.15) is 33.1 Å². The van der Waals surface area contributed by atoms with Gasteiger partial charge in [-0.15, -0.1) is 0 Å². The number of amides is 1. The van der Waals surface area contributed by atoms with E-state index in [1.54, 1.807) is 11.8 Å². The van der Waals surface area contributed by atoms with E-state index in [1.165, 1.54) is 0 Å². The summed E-state index contributed by atoms with van der Waals surface area (Å²) in [7, 11) is 0. The van der Waals surface area contributed by atoms with E-state index in [9.17, 15) is 4.79 Å². The molecule has 0 aliphatic carbocycles. The van der Waals surface area contributed by atoms with Gasteiger partial charge in [0.25, 0.3) is 0 Å².